The van der Waals surface area contributed by atoms with Crippen LogP contribution in [0.25, 0.3) is 0 Å². The summed E-state index contributed by atoms with van der Waals surface area (Å²) >= 11 is 0. The lowest BCUT2D eigenvalue weighted by Gasteiger charge is -2.23. The van der Waals surface area contributed by atoms with Crippen LogP contribution < -0.4 is 5.32 Å². The maximum absolute atomic E-state index is 12.3. The lowest BCUT2D eigenvalue weighted by atomic mass is 10.1. The molecule has 6 heteroatoms. The highest BCUT2D eigenvalue weighted by molar-refractivity contribution is 7.92. The molecule has 3 rings (SSSR count). The van der Waals surface area contributed by atoms with Crippen molar-refractivity contribution in [2.75, 3.05) is 6.26 Å². The van der Waals surface area contributed by atoms with Gasteiger partial charge in [-0.25, -0.2) is 8.42 Å². The monoisotopic (exact) mass is 308 g/mol. The van der Waals surface area contributed by atoms with Crippen LogP contribution >= 0.6 is 0 Å². The van der Waals surface area contributed by atoms with Crippen molar-refractivity contribution in [1.82, 2.24) is 10.3 Å². The van der Waals surface area contributed by atoms with Gasteiger partial charge in [-0.15, -0.1) is 0 Å². The minimum absolute atomic E-state index is 0.0285. The molecule has 1 amide bonds. The number of rotatable bonds is 5. The first kappa shape index (κ1) is 14.5. The molecule has 2 aliphatic rings. The smallest absolute Gasteiger partial charge is 0.224 e. The Balaban J connectivity index is 1.62. The number of nitrogens with one attached hydrogen (secondary N) is 1. The van der Waals surface area contributed by atoms with E-state index >= 15 is 0 Å². The van der Waals surface area contributed by atoms with Gasteiger partial charge in [-0.3, -0.25) is 9.78 Å². The normalized spacial score (nSPS) is 27.7. The van der Waals surface area contributed by atoms with Crippen molar-refractivity contribution in [3.63, 3.8) is 0 Å². The predicted octanol–water partition coefficient (Wildman–Crippen LogP) is 1.27. The number of nitrogens with zero attached hydrogens (tertiary/aromatic N) is 1. The molecule has 2 aliphatic carbocycles. The number of hydrogen-bond acceptors (Lipinski definition) is 4. The van der Waals surface area contributed by atoms with E-state index in [0.29, 0.717) is 12.8 Å². The van der Waals surface area contributed by atoms with Crippen LogP contribution in [0.4, 0.5) is 0 Å². The zero-order chi connectivity index (χ0) is 15.3. The van der Waals surface area contributed by atoms with Gasteiger partial charge >= 0.3 is 0 Å². The summed E-state index contributed by atoms with van der Waals surface area (Å²) in [4.78, 5) is 16.3. The average molecular weight is 308 g/mol. The van der Waals surface area contributed by atoms with Crippen LogP contribution in [0.5, 0.6) is 0 Å². The lowest BCUT2D eigenvalue weighted by Crippen LogP contribution is -2.47. The van der Waals surface area contributed by atoms with Gasteiger partial charge in [-0.1, -0.05) is 0 Å². The van der Waals surface area contributed by atoms with Crippen molar-refractivity contribution in [2.24, 2.45) is 5.92 Å². The third-order valence-electron chi connectivity index (χ3n) is 4.89. The van der Waals surface area contributed by atoms with E-state index < -0.39 is 14.6 Å². The highest BCUT2D eigenvalue weighted by Crippen LogP contribution is 2.49. The molecule has 0 bridgehead atoms. The molecule has 0 aliphatic heterocycles. The van der Waals surface area contributed by atoms with Crippen molar-refractivity contribution in [1.29, 1.82) is 0 Å². The van der Waals surface area contributed by atoms with E-state index in [-0.39, 0.29) is 23.8 Å². The van der Waals surface area contributed by atoms with Crippen LogP contribution in [0.2, 0.25) is 0 Å². The molecule has 21 heavy (non-hydrogen) atoms. The minimum Gasteiger partial charge on any atom is -0.352 e. The summed E-state index contributed by atoms with van der Waals surface area (Å²) in [6, 6.07) is 3.54. The van der Waals surface area contributed by atoms with Crippen molar-refractivity contribution in [3.05, 3.63) is 30.1 Å². The fraction of sp³-hybridized carbons (Fsp3) is 0.600. The van der Waals surface area contributed by atoms with Crippen LogP contribution in [-0.4, -0.2) is 36.4 Å². The summed E-state index contributed by atoms with van der Waals surface area (Å²) in [6.45, 7) is 1.80. The van der Waals surface area contributed by atoms with Gasteiger partial charge in [0.1, 0.15) is 0 Å². The first-order valence-corrected chi connectivity index (χ1v) is 9.14. The molecular formula is C15H20N2O3S. The van der Waals surface area contributed by atoms with Crippen LogP contribution in [0.3, 0.4) is 0 Å². The number of carbonyl (C=O) groups is 1. The average Bonchev–Trinajstić information content (AvgIpc) is 3.29. The van der Waals surface area contributed by atoms with Crippen LogP contribution in [0.1, 0.15) is 37.7 Å². The summed E-state index contributed by atoms with van der Waals surface area (Å²) in [6.07, 6.45) is 6.84. The van der Waals surface area contributed by atoms with E-state index in [1.807, 2.05) is 12.1 Å². The van der Waals surface area contributed by atoms with Crippen molar-refractivity contribution >= 4 is 15.7 Å². The molecule has 0 aromatic carbocycles. The topological polar surface area (TPSA) is 76.1 Å². The van der Waals surface area contributed by atoms with Crippen molar-refractivity contribution in [2.45, 2.75) is 42.9 Å². The largest absolute Gasteiger partial charge is 0.352 e. The second-order valence-electron chi connectivity index (χ2n) is 6.30. The Labute approximate surface area is 125 Å². The standard InChI is InChI=1S/C15H20N2O3S/c1-10(15(5-6-15)21(2,19)20)17-14(18)13-9-12(13)11-3-7-16-8-4-11/h3-4,7-8,10,12-13H,5-6,9H2,1-2H3,(H,17,18)/t10?,12-,13+/m1/s1. The summed E-state index contributed by atoms with van der Waals surface area (Å²) < 4.78 is 23.0. The van der Waals surface area contributed by atoms with Crippen LogP contribution in [0.15, 0.2) is 24.5 Å². The summed E-state index contributed by atoms with van der Waals surface area (Å²) in [5.74, 6) is 0.179. The van der Waals surface area contributed by atoms with E-state index in [2.05, 4.69) is 10.3 Å². The molecule has 2 fully saturated rings. The van der Waals surface area contributed by atoms with Crippen LogP contribution in [-0.2, 0) is 14.6 Å². The highest BCUT2D eigenvalue weighted by Gasteiger charge is 2.57. The maximum Gasteiger partial charge on any atom is 0.224 e. The van der Waals surface area contributed by atoms with Gasteiger partial charge in [0.05, 0.1) is 4.75 Å². The predicted molar refractivity (Wildman–Crippen MR) is 79.5 cm³/mol. The Hall–Kier alpha value is -1.43. The van der Waals surface area contributed by atoms with E-state index in [0.717, 1.165) is 12.0 Å². The lowest BCUT2D eigenvalue weighted by molar-refractivity contribution is -0.123. The number of sulfone groups is 1. The van der Waals surface area contributed by atoms with Gasteiger partial charge in [-0.05, 0) is 49.8 Å². The molecule has 1 N–H and O–H groups in total. The molecule has 0 saturated heterocycles. The molecular weight excluding hydrogens is 288 g/mol. The Morgan fingerprint density at radius 2 is 2.00 bits per heavy atom. The first-order chi connectivity index (χ1) is 9.85. The Morgan fingerprint density at radius 1 is 1.38 bits per heavy atom. The molecule has 0 radical (unpaired) electrons. The fourth-order valence-corrected chi connectivity index (χ4v) is 4.71. The second kappa shape index (κ2) is 4.80. The zero-order valence-corrected chi connectivity index (χ0v) is 13.1. The van der Waals surface area contributed by atoms with E-state index in [1.54, 1.807) is 19.3 Å². The SMILES string of the molecule is CC(NC(=O)[C@H]1C[C@@H]1c1ccncc1)C1(S(C)(=O)=O)CC1. The maximum atomic E-state index is 12.3. The fourth-order valence-electron chi connectivity index (χ4n) is 3.16. The van der Waals surface area contributed by atoms with Gasteiger partial charge < -0.3 is 5.32 Å². The number of aromatic nitrogens is 1. The molecule has 114 valence electrons. The molecule has 1 aromatic rings. The van der Waals surface area contributed by atoms with Gasteiger partial charge in [-0.2, -0.15) is 0 Å². The first-order valence-electron chi connectivity index (χ1n) is 7.25. The molecule has 3 atom stereocenters. The second-order valence-corrected chi connectivity index (χ2v) is 8.65. The quantitative estimate of drug-likeness (QED) is 0.888. The summed E-state index contributed by atoms with van der Waals surface area (Å²) in [5, 5.41) is 2.92. The number of carbonyl (C=O) groups excluding carboxylic acids is 1. The molecule has 2 saturated carbocycles. The molecule has 1 heterocycles. The Bertz CT molecular complexity index is 653. The third kappa shape index (κ3) is 2.57. The Morgan fingerprint density at radius 3 is 2.52 bits per heavy atom. The highest BCUT2D eigenvalue weighted by atomic mass is 32.2. The van der Waals surface area contributed by atoms with Crippen LogP contribution in [0, 0.1) is 5.92 Å². The van der Waals surface area contributed by atoms with Gasteiger partial charge in [0.15, 0.2) is 9.84 Å². The van der Waals surface area contributed by atoms with E-state index in [4.69, 9.17) is 0 Å². The summed E-state index contributed by atoms with van der Waals surface area (Å²) in [7, 11) is -3.13. The molecule has 1 aromatic heterocycles. The number of amides is 1. The molecule has 0 spiro atoms. The van der Waals surface area contributed by atoms with Crippen molar-refractivity contribution in [3.8, 4) is 0 Å². The summed E-state index contributed by atoms with van der Waals surface area (Å²) in [5.41, 5.74) is 1.13. The van der Waals surface area contributed by atoms with Gasteiger partial charge in [0.2, 0.25) is 5.91 Å². The van der Waals surface area contributed by atoms with E-state index in [1.165, 1.54) is 6.26 Å². The minimum atomic E-state index is -3.13. The molecule has 1 unspecified atom stereocenters. The third-order valence-corrected chi connectivity index (χ3v) is 7.13. The Kier molecular flexibility index (Phi) is 3.31. The number of pyridine rings is 1. The van der Waals surface area contributed by atoms with E-state index in [9.17, 15) is 13.2 Å². The van der Waals surface area contributed by atoms with Gasteiger partial charge in [0.25, 0.3) is 0 Å². The zero-order valence-electron chi connectivity index (χ0n) is 12.2. The van der Waals surface area contributed by atoms with Crippen molar-refractivity contribution < 1.29 is 13.2 Å². The van der Waals surface area contributed by atoms with Gasteiger partial charge in [0, 0.05) is 30.6 Å². The molecule has 5 nitrogen and oxygen atoms in total. The number of hydrogen-bond donors (Lipinski definition) is 1.